The number of nitrogens with two attached hydrogens (primary N) is 1. The topological polar surface area (TPSA) is 85.6 Å². The summed E-state index contributed by atoms with van der Waals surface area (Å²) in [6.45, 7) is 6.48. The molecule has 0 fully saturated rings. The molecule has 1 rings (SSSR count). The van der Waals surface area contributed by atoms with Crippen molar-refractivity contribution in [1.29, 1.82) is 0 Å². The molecule has 0 saturated carbocycles. The lowest BCUT2D eigenvalue weighted by Gasteiger charge is -2.06. The smallest absolute Gasteiger partial charge is 0.263 e. The number of nitrogen functional groups attached to an aromatic ring is 1. The lowest BCUT2D eigenvalue weighted by atomic mass is 10.3. The van der Waals surface area contributed by atoms with Crippen molar-refractivity contribution in [2.75, 3.05) is 44.5 Å². The van der Waals surface area contributed by atoms with Crippen LogP contribution in [0.2, 0.25) is 0 Å². The Bertz CT molecular complexity index is 435. The fourth-order valence-corrected chi connectivity index (χ4v) is 2.65. The van der Waals surface area contributed by atoms with Crippen LogP contribution in [0.15, 0.2) is 0 Å². The van der Waals surface area contributed by atoms with Crippen molar-refractivity contribution in [2.45, 2.75) is 20.3 Å². The zero-order chi connectivity index (χ0) is 15.0. The van der Waals surface area contributed by atoms with Gasteiger partial charge in [-0.15, -0.1) is 11.3 Å². The first-order valence-corrected chi connectivity index (χ1v) is 7.53. The van der Waals surface area contributed by atoms with Crippen molar-refractivity contribution in [3.05, 3.63) is 4.88 Å². The van der Waals surface area contributed by atoms with Crippen LogP contribution in [0.4, 0.5) is 10.7 Å². The van der Waals surface area contributed by atoms with Gasteiger partial charge in [0.15, 0.2) is 5.75 Å². The van der Waals surface area contributed by atoms with Gasteiger partial charge in [-0.1, -0.05) is 6.92 Å². The van der Waals surface area contributed by atoms with Gasteiger partial charge in [0.1, 0.15) is 15.6 Å². The molecule has 1 aromatic rings. The largest absolute Gasteiger partial charge is 0.492 e. The first kappa shape index (κ1) is 16.6. The molecule has 0 aromatic carbocycles. The monoisotopic (exact) mass is 301 g/mol. The maximum Gasteiger partial charge on any atom is 0.263 e. The summed E-state index contributed by atoms with van der Waals surface area (Å²) in [5.41, 5.74) is 6.35. The van der Waals surface area contributed by atoms with Crippen molar-refractivity contribution < 1.29 is 14.3 Å². The Morgan fingerprint density at radius 3 is 2.70 bits per heavy atom. The second kappa shape index (κ2) is 8.65. The van der Waals surface area contributed by atoms with E-state index in [4.69, 9.17) is 15.2 Å². The molecule has 0 bridgehead atoms. The summed E-state index contributed by atoms with van der Waals surface area (Å²) in [6, 6.07) is 0. The second-order valence-corrected chi connectivity index (χ2v) is 5.11. The summed E-state index contributed by atoms with van der Waals surface area (Å²) < 4.78 is 10.5. The third kappa shape index (κ3) is 4.28. The zero-order valence-electron chi connectivity index (χ0n) is 12.2. The molecule has 7 heteroatoms. The van der Waals surface area contributed by atoms with Gasteiger partial charge in [-0.05, 0) is 13.3 Å². The van der Waals surface area contributed by atoms with Crippen LogP contribution in [0.25, 0.3) is 0 Å². The fourth-order valence-electron chi connectivity index (χ4n) is 1.62. The highest BCUT2D eigenvalue weighted by atomic mass is 32.1. The van der Waals surface area contributed by atoms with Crippen LogP contribution in [0.3, 0.4) is 0 Å². The Morgan fingerprint density at radius 1 is 1.35 bits per heavy atom. The molecule has 20 heavy (non-hydrogen) atoms. The van der Waals surface area contributed by atoms with Gasteiger partial charge in [0.05, 0.1) is 13.7 Å². The SMILES string of the molecule is CCCNC(=O)c1sc(NCCOCC)c(OC)c1N. The van der Waals surface area contributed by atoms with E-state index in [9.17, 15) is 4.79 Å². The van der Waals surface area contributed by atoms with E-state index < -0.39 is 0 Å². The van der Waals surface area contributed by atoms with Gasteiger partial charge in [-0.25, -0.2) is 0 Å². The van der Waals surface area contributed by atoms with Gasteiger partial charge in [0.25, 0.3) is 5.91 Å². The van der Waals surface area contributed by atoms with Gasteiger partial charge >= 0.3 is 0 Å². The highest BCUT2D eigenvalue weighted by molar-refractivity contribution is 7.19. The molecule has 0 aliphatic rings. The van der Waals surface area contributed by atoms with E-state index in [1.807, 2.05) is 13.8 Å². The van der Waals surface area contributed by atoms with E-state index in [0.29, 0.717) is 42.6 Å². The quantitative estimate of drug-likeness (QED) is 0.607. The third-order valence-corrected chi connectivity index (χ3v) is 3.72. The second-order valence-electron chi connectivity index (χ2n) is 4.09. The Morgan fingerprint density at radius 2 is 2.10 bits per heavy atom. The number of hydrogen-bond acceptors (Lipinski definition) is 6. The number of ether oxygens (including phenoxy) is 2. The molecule has 0 aliphatic heterocycles. The van der Waals surface area contributed by atoms with Gasteiger partial charge in [-0.2, -0.15) is 0 Å². The minimum atomic E-state index is -0.162. The molecule has 0 saturated heterocycles. The molecule has 114 valence electrons. The molecule has 0 radical (unpaired) electrons. The van der Waals surface area contributed by atoms with Crippen LogP contribution in [0.1, 0.15) is 29.9 Å². The molecule has 6 nitrogen and oxygen atoms in total. The highest BCUT2D eigenvalue weighted by Crippen LogP contribution is 2.42. The number of anilines is 2. The van der Waals surface area contributed by atoms with E-state index in [2.05, 4.69) is 10.6 Å². The lowest BCUT2D eigenvalue weighted by molar-refractivity contribution is 0.0958. The predicted octanol–water partition coefficient (Wildman–Crippen LogP) is 1.93. The van der Waals surface area contributed by atoms with Crippen LogP contribution in [0.5, 0.6) is 5.75 Å². The van der Waals surface area contributed by atoms with Crippen LogP contribution in [-0.2, 0) is 4.74 Å². The minimum Gasteiger partial charge on any atom is -0.492 e. The van der Waals surface area contributed by atoms with Crippen LogP contribution in [-0.4, -0.2) is 39.3 Å². The number of amides is 1. The molecule has 1 heterocycles. The van der Waals surface area contributed by atoms with Crippen LogP contribution >= 0.6 is 11.3 Å². The summed E-state index contributed by atoms with van der Waals surface area (Å²) in [7, 11) is 1.54. The van der Waals surface area contributed by atoms with Crippen molar-refractivity contribution >= 4 is 27.9 Å². The van der Waals surface area contributed by atoms with Crippen molar-refractivity contribution in [3.8, 4) is 5.75 Å². The van der Waals surface area contributed by atoms with E-state index >= 15 is 0 Å². The lowest BCUT2D eigenvalue weighted by Crippen LogP contribution is -2.23. The maximum absolute atomic E-state index is 12.0. The number of carbonyl (C=O) groups excluding carboxylic acids is 1. The number of hydrogen-bond donors (Lipinski definition) is 3. The van der Waals surface area contributed by atoms with Crippen LogP contribution < -0.4 is 21.1 Å². The number of nitrogens with one attached hydrogen (secondary N) is 2. The molecule has 1 aromatic heterocycles. The summed E-state index contributed by atoms with van der Waals surface area (Å²) in [5.74, 6) is 0.360. The zero-order valence-corrected chi connectivity index (χ0v) is 13.1. The van der Waals surface area contributed by atoms with E-state index in [1.54, 1.807) is 7.11 Å². The average Bonchev–Trinajstić information content (AvgIpc) is 2.77. The summed E-state index contributed by atoms with van der Waals surface area (Å²) in [5, 5.41) is 6.75. The Kier molecular flexibility index (Phi) is 7.17. The molecular weight excluding hydrogens is 278 g/mol. The standard InChI is InChI=1S/C13H23N3O3S/c1-4-6-15-12(17)11-9(14)10(18-3)13(20-11)16-7-8-19-5-2/h16H,4-8,14H2,1-3H3,(H,15,17). The number of methoxy groups -OCH3 is 1. The minimum absolute atomic E-state index is 0.162. The summed E-state index contributed by atoms with van der Waals surface area (Å²) in [4.78, 5) is 12.5. The van der Waals surface area contributed by atoms with E-state index in [0.717, 1.165) is 11.4 Å². The number of thiophene rings is 1. The van der Waals surface area contributed by atoms with E-state index in [1.165, 1.54) is 11.3 Å². The van der Waals surface area contributed by atoms with Gasteiger partial charge < -0.3 is 25.8 Å². The molecule has 0 spiro atoms. The molecule has 0 unspecified atom stereocenters. The van der Waals surface area contributed by atoms with Gasteiger partial charge in [-0.3, -0.25) is 4.79 Å². The maximum atomic E-state index is 12.0. The average molecular weight is 301 g/mol. The van der Waals surface area contributed by atoms with Gasteiger partial charge in [0.2, 0.25) is 0 Å². The summed E-state index contributed by atoms with van der Waals surface area (Å²) >= 11 is 1.30. The first-order chi connectivity index (χ1) is 9.65. The fraction of sp³-hybridized carbons (Fsp3) is 0.615. The van der Waals surface area contributed by atoms with Crippen molar-refractivity contribution in [3.63, 3.8) is 0 Å². The molecular formula is C13H23N3O3S. The Hall–Kier alpha value is -1.47. The predicted molar refractivity (Wildman–Crippen MR) is 82.9 cm³/mol. The Labute approximate surface area is 123 Å². The third-order valence-electron chi connectivity index (χ3n) is 2.58. The normalized spacial score (nSPS) is 10.3. The molecule has 1 amide bonds. The van der Waals surface area contributed by atoms with Crippen LogP contribution in [0, 0.1) is 0 Å². The van der Waals surface area contributed by atoms with Crippen molar-refractivity contribution in [2.24, 2.45) is 0 Å². The molecule has 0 aliphatic carbocycles. The number of rotatable bonds is 9. The van der Waals surface area contributed by atoms with Gasteiger partial charge in [0, 0.05) is 19.7 Å². The molecule has 0 atom stereocenters. The summed E-state index contributed by atoms with van der Waals surface area (Å²) in [6.07, 6.45) is 0.883. The number of carbonyl (C=O) groups is 1. The van der Waals surface area contributed by atoms with Crippen molar-refractivity contribution in [1.82, 2.24) is 5.32 Å². The van der Waals surface area contributed by atoms with E-state index in [-0.39, 0.29) is 5.91 Å². The molecule has 4 N–H and O–H groups in total. The first-order valence-electron chi connectivity index (χ1n) is 6.71. The Balaban J connectivity index is 2.77. The highest BCUT2D eigenvalue weighted by Gasteiger charge is 2.21.